The lowest BCUT2D eigenvalue weighted by Crippen LogP contribution is -2.22. The zero-order valence-electron chi connectivity index (χ0n) is 10.7. The predicted octanol–water partition coefficient (Wildman–Crippen LogP) is 2.33. The summed E-state index contributed by atoms with van der Waals surface area (Å²) in [5, 5.41) is 13.3. The van der Waals surface area contributed by atoms with Crippen LogP contribution in [0, 0.1) is 0 Å². The van der Waals surface area contributed by atoms with Gasteiger partial charge in [0, 0.05) is 31.5 Å². The van der Waals surface area contributed by atoms with Crippen molar-refractivity contribution >= 4 is 0 Å². The van der Waals surface area contributed by atoms with Crippen LogP contribution in [0.15, 0.2) is 48.7 Å². The number of hydrogen-bond donors (Lipinski definition) is 2. The molecule has 0 aliphatic carbocycles. The molecule has 3 heteroatoms. The molecule has 3 nitrogen and oxygen atoms in total. The van der Waals surface area contributed by atoms with Crippen LogP contribution in [0.2, 0.25) is 0 Å². The lowest BCUT2D eigenvalue weighted by atomic mass is 10.1. The highest BCUT2D eigenvalue weighted by atomic mass is 16.3. The average molecular weight is 244 g/mol. The number of nitrogens with zero attached hydrogens (tertiary/aromatic N) is 1. The molecule has 0 bridgehead atoms. The minimum Gasteiger partial charge on any atom is -0.387 e. The van der Waals surface area contributed by atoms with Crippen molar-refractivity contribution in [2.75, 3.05) is 6.54 Å². The van der Waals surface area contributed by atoms with Gasteiger partial charge in [0.2, 0.25) is 0 Å². The lowest BCUT2D eigenvalue weighted by Gasteiger charge is -2.13. The van der Waals surface area contributed by atoms with Gasteiger partial charge in [-0.1, -0.05) is 30.3 Å². The zero-order valence-corrected chi connectivity index (χ0v) is 10.7. The van der Waals surface area contributed by atoms with Crippen LogP contribution in [0.25, 0.3) is 0 Å². The van der Waals surface area contributed by atoms with Crippen LogP contribution in [0.3, 0.4) is 0 Å². The van der Waals surface area contributed by atoms with Crippen LogP contribution < -0.4 is 5.32 Å². The summed E-state index contributed by atoms with van der Waals surface area (Å²) in [6.45, 7) is 4.46. The SMILES string of the molecule is CCn1cccc1CNCC(O)c1ccccc1. The Bertz CT molecular complexity index is 464. The van der Waals surface area contributed by atoms with Crippen LogP contribution in [0.5, 0.6) is 0 Å². The standard InChI is InChI=1S/C15H20N2O/c1-2-17-10-6-9-14(17)11-16-12-15(18)13-7-4-3-5-8-13/h3-10,15-16,18H,2,11-12H2,1H3. The third-order valence-electron chi connectivity index (χ3n) is 3.09. The van der Waals surface area contributed by atoms with Crippen molar-refractivity contribution < 1.29 is 5.11 Å². The van der Waals surface area contributed by atoms with Gasteiger partial charge in [-0.15, -0.1) is 0 Å². The molecule has 2 N–H and O–H groups in total. The average Bonchev–Trinajstić information content (AvgIpc) is 2.87. The van der Waals surface area contributed by atoms with Crippen molar-refractivity contribution in [1.29, 1.82) is 0 Å². The third-order valence-corrected chi connectivity index (χ3v) is 3.09. The molecule has 0 radical (unpaired) electrons. The molecule has 0 fully saturated rings. The van der Waals surface area contributed by atoms with Crippen molar-refractivity contribution in [3.63, 3.8) is 0 Å². The fourth-order valence-electron chi connectivity index (χ4n) is 2.05. The maximum absolute atomic E-state index is 10.0. The highest BCUT2D eigenvalue weighted by molar-refractivity contribution is 5.17. The van der Waals surface area contributed by atoms with Crippen LogP contribution >= 0.6 is 0 Å². The van der Waals surface area contributed by atoms with Crippen LogP contribution in [0.4, 0.5) is 0 Å². The number of hydrogen-bond acceptors (Lipinski definition) is 2. The summed E-state index contributed by atoms with van der Waals surface area (Å²) in [5.74, 6) is 0. The molecule has 0 aliphatic heterocycles. The number of aryl methyl sites for hydroxylation is 1. The summed E-state index contributed by atoms with van der Waals surface area (Å²) in [6, 6.07) is 13.9. The van der Waals surface area contributed by atoms with Gasteiger partial charge in [0.1, 0.15) is 0 Å². The first-order valence-corrected chi connectivity index (χ1v) is 6.39. The minimum absolute atomic E-state index is 0.448. The Balaban J connectivity index is 1.82. The summed E-state index contributed by atoms with van der Waals surface area (Å²) in [4.78, 5) is 0. The minimum atomic E-state index is -0.448. The smallest absolute Gasteiger partial charge is 0.0914 e. The molecule has 1 atom stereocenters. The van der Waals surface area contributed by atoms with E-state index in [-0.39, 0.29) is 0 Å². The maximum atomic E-state index is 10.0. The first kappa shape index (κ1) is 12.9. The maximum Gasteiger partial charge on any atom is 0.0914 e. The van der Waals surface area contributed by atoms with E-state index >= 15 is 0 Å². The van der Waals surface area contributed by atoms with Crippen molar-refractivity contribution in [3.05, 3.63) is 59.9 Å². The van der Waals surface area contributed by atoms with Gasteiger partial charge >= 0.3 is 0 Å². The van der Waals surface area contributed by atoms with Crippen LogP contribution in [-0.4, -0.2) is 16.2 Å². The van der Waals surface area contributed by atoms with E-state index in [2.05, 4.69) is 29.1 Å². The van der Waals surface area contributed by atoms with Crippen molar-refractivity contribution in [2.45, 2.75) is 26.1 Å². The Kier molecular flexibility index (Phi) is 4.56. The number of nitrogens with one attached hydrogen (secondary N) is 1. The molecule has 1 aromatic heterocycles. The molecule has 1 heterocycles. The van der Waals surface area contributed by atoms with Gasteiger partial charge in [-0.25, -0.2) is 0 Å². The second-order valence-electron chi connectivity index (χ2n) is 4.34. The number of rotatable bonds is 6. The van der Waals surface area contributed by atoms with E-state index in [1.807, 2.05) is 36.4 Å². The number of benzene rings is 1. The summed E-state index contributed by atoms with van der Waals surface area (Å²) >= 11 is 0. The normalized spacial score (nSPS) is 12.6. The molecule has 0 saturated heterocycles. The molecule has 0 saturated carbocycles. The molecule has 2 aromatic rings. The van der Waals surface area contributed by atoms with E-state index in [1.54, 1.807) is 0 Å². The Hall–Kier alpha value is -1.58. The molecule has 18 heavy (non-hydrogen) atoms. The largest absolute Gasteiger partial charge is 0.387 e. The molecule has 1 unspecified atom stereocenters. The first-order valence-electron chi connectivity index (χ1n) is 6.39. The molecule has 2 rings (SSSR count). The molecule has 0 spiro atoms. The fourth-order valence-corrected chi connectivity index (χ4v) is 2.05. The molecule has 0 amide bonds. The topological polar surface area (TPSA) is 37.2 Å². The van der Waals surface area contributed by atoms with Crippen molar-refractivity contribution in [2.24, 2.45) is 0 Å². The number of aliphatic hydroxyl groups is 1. The lowest BCUT2D eigenvalue weighted by molar-refractivity contribution is 0.174. The highest BCUT2D eigenvalue weighted by Gasteiger charge is 2.06. The quantitative estimate of drug-likeness (QED) is 0.818. The second kappa shape index (κ2) is 6.38. The monoisotopic (exact) mass is 244 g/mol. The van der Waals surface area contributed by atoms with Crippen molar-refractivity contribution in [1.82, 2.24) is 9.88 Å². The molecule has 96 valence electrons. The summed E-state index contributed by atoms with van der Waals surface area (Å²) in [6.07, 6.45) is 1.63. The van der Waals surface area contributed by atoms with Crippen LogP contribution in [-0.2, 0) is 13.1 Å². The van der Waals surface area contributed by atoms with E-state index in [1.165, 1.54) is 5.69 Å². The summed E-state index contributed by atoms with van der Waals surface area (Å²) < 4.78 is 2.20. The molecular weight excluding hydrogens is 224 g/mol. The Morgan fingerprint density at radius 2 is 1.94 bits per heavy atom. The summed E-state index contributed by atoms with van der Waals surface area (Å²) in [7, 11) is 0. The van der Waals surface area contributed by atoms with Gasteiger partial charge in [-0.3, -0.25) is 0 Å². The van der Waals surface area contributed by atoms with E-state index in [0.717, 1.165) is 18.7 Å². The van der Waals surface area contributed by atoms with E-state index in [9.17, 15) is 5.11 Å². The van der Waals surface area contributed by atoms with Gasteiger partial charge in [-0.2, -0.15) is 0 Å². The van der Waals surface area contributed by atoms with E-state index in [0.29, 0.717) is 6.54 Å². The van der Waals surface area contributed by atoms with E-state index in [4.69, 9.17) is 0 Å². The first-order chi connectivity index (χ1) is 8.81. The molecule has 1 aromatic carbocycles. The Labute approximate surface area is 108 Å². The third kappa shape index (κ3) is 3.22. The molecular formula is C15H20N2O. The number of aliphatic hydroxyl groups excluding tert-OH is 1. The van der Waals surface area contributed by atoms with Gasteiger partial charge in [0.25, 0.3) is 0 Å². The predicted molar refractivity (Wildman–Crippen MR) is 73.2 cm³/mol. The van der Waals surface area contributed by atoms with Gasteiger partial charge in [-0.05, 0) is 24.6 Å². The van der Waals surface area contributed by atoms with Gasteiger partial charge < -0.3 is 15.0 Å². The highest BCUT2D eigenvalue weighted by Crippen LogP contribution is 2.11. The summed E-state index contributed by atoms with van der Waals surface area (Å²) in [5.41, 5.74) is 2.20. The number of aromatic nitrogens is 1. The van der Waals surface area contributed by atoms with Crippen molar-refractivity contribution in [3.8, 4) is 0 Å². The van der Waals surface area contributed by atoms with Gasteiger partial charge in [0.15, 0.2) is 0 Å². The zero-order chi connectivity index (χ0) is 12.8. The van der Waals surface area contributed by atoms with Gasteiger partial charge in [0.05, 0.1) is 6.10 Å². The van der Waals surface area contributed by atoms with Crippen LogP contribution in [0.1, 0.15) is 24.3 Å². The second-order valence-corrected chi connectivity index (χ2v) is 4.34. The Morgan fingerprint density at radius 3 is 2.67 bits per heavy atom. The van der Waals surface area contributed by atoms with E-state index < -0.39 is 6.10 Å². The molecule has 0 aliphatic rings. The Morgan fingerprint density at radius 1 is 1.17 bits per heavy atom. The fraction of sp³-hybridized carbons (Fsp3) is 0.333.